The van der Waals surface area contributed by atoms with Crippen LogP contribution in [0.4, 0.5) is 0 Å². The van der Waals surface area contributed by atoms with Crippen LogP contribution in [0.25, 0.3) is 0 Å². The molecular formula is C14H21N3O. The van der Waals surface area contributed by atoms with Gasteiger partial charge in [-0.3, -0.25) is 4.68 Å². The van der Waals surface area contributed by atoms with Gasteiger partial charge in [-0.15, -0.1) is 0 Å². The molecule has 2 heterocycles. The Morgan fingerprint density at radius 1 is 1.39 bits per heavy atom. The fraction of sp³-hybridized carbons (Fsp3) is 0.500. The maximum absolute atomic E-state index is 6.12. The van der Waals surface area contributed by atoms with E-state index in [1.807, 2.05) is 29.1 Å². The molecule has 1 atom stereocenters. The number of hydrogen-bond acceptors (Lipinski definition) is 3. The van der Waals surface area contributed by atoms with Crippen molar-refractivity contribution in [1.82, 2.24) is 9.78 Å². The Balaban J connectivity index is 1.81. The van der Waals surface area contributed by atoms with Gasteiger partial charge in [-0.2, -0.15) is 5.10 Å². The lowest BCUT2D eigenvalue weighted by Crippen LogP contribution is -2.23. The van der Waals surface area contributed by atoms with Gasteiger partial charge in [0.25, 0.3) is 0 Å². The minimum Gasteiger partial charge on any atom is -0.469 e. The van der Waals surface area contributed by atoms with Crippen molar-refractivity contribution < 1.29 is 4.42 Å². The number of hydrogen-bond donors (Lipinski definition) is 1. The number of aromatic nitrogens is 2. The molecule has 0 spiro atoms. The van der Waals surface area contributed by atoms with Crippen molar-refractivity contribution in [1.29, 1.82) is 0 Å². The molecule has 0 aliphatic carbocycles. The van der Waals surface area contributed by atoms with E-state index in [-0.39, 0.29) is 6.04 Å². The van der Waals surface area contributed by atoms with Crippen LogP contribution in [0.15, 0.2) is 35.1 Å². The predicted octanol–water partition coefficient (Wildman–Crippen LogP) is 2.56. The molecule has 0 fully saturated rings. The molecule has 4 nitrogen and oxygen atoms in total. The van der Waals surface area contributed by atoms with Gasteiger partial charge in [-0.25, -0.2) is 0 Å². The van der Waals surface area contributed by atoms with Gasteiger partial charge < -0.3 is 10.2 Å². The number of furan rings is 1. The largest absolute Gasteiger partial charge is 0.469 e. The third-order valence-electron chi connectivity index (χ3n) is 3.01. The summed E-state index contributed by atoms with van der Waals surface area (Å²) >= 11 is 0. The zero-order valence-corrected chi connectivity index (χ0v) is 11.0. The van der Waals surface area contributed by atoms with E-state index in [1.165, 1.54) is 0 Å². The van der Waals surface area contributed by atoms with Crippen LogP contribution in [0.5, 0.6) is 0 Å². The van der Waals surface area contributed by atoms with Crippen molar-refractivity contribution in [2.75, 3.05) is 0 Å². The van der Waals surface area contributed by atoms with Gasteiger partial charge >= 0.3 is 0 Å². The maximum atomic E-state index is 6.12. The molecule has 4 heteroatoms. The lowest BCUT2D eigenvalue weighted by atomic mass is 10.1. The number of nitrogens with zero attached hydrogens (tertiary/aromatic N) is 2. The monoisotopic (exact) mass is 247 g/mol. The molecule has 0 saturated heterocycles. The summed E-state index contributed by atoms with van der Waals surface area (Å²) in [5.41, 5.74) is 7.18. The van der Waals surface area contributed by atoms with E-state index >= 15 is 0 Å². The molecule has 2 N–H and O–H groups in total. The SMILES string of the molecule is CC(C)n1ccc(CC(N)CCc2ccco2)n1. The van der Waals surface area contributed by atoms with E-state index in [2.05, 4.69) is 18.9 Å². The van der Waals surface area contributed by atoms with Crippen molar-refractivity contribution in [2.24, 2.45) is 5.73 Å². The summed E-state index contributed by atoms with van der Waals surface area (Å²) in [6, 6.07) is 6.47. The van der Waals surface area contributed by atoms with Gasteiger partial charge in [0.2, 0.25) is 0 Å². The van der Waals surface area contributed by atoms with Crippen LogP contribution in [0, 0.1) is 0 Å². The van der Waals surface area contributed by atoms with E-state index < -0.39 is 0 Å². The van der Waals surface area contributed by atoms with Gasteiger partial charge in [0.15, 0.2) is 0 Å². The maximum Gasteiger partial charge on any atom is 0.103 e. The Morgan fingerprint density at radius 3 is 2.83 bits per heavy atom. The van der Waals surface area contributed by atoms with Crippen molar-refractivity contribution in [2.45, 2.75) is 45.2 Å². The Labute approximate surface area is 108 Å². The average molecular weight is 247 g/mol. The molecule has 18 heavy (non-hydrogen) atoms. The molecule has 1 unspecified atom stereocenters. The molecule has 0 aliphatic rings. The minimum atomic E-state index is 0.130. The Hall–Kier alpha value is -1.55. The molecule has 2 aromatic rings. The molecule has 2 rings (SSSR count). The van der Waals surface area contributed by atoms with Crippen LogP contribution in [-0.4, -0.2) is 15.8 Å². The Kier molecular flexibility index (Phi) is 4.20. The first kappa shape index (κ1) is 12.9. The predicted molar refractivity (Wildman–Crippen MR) is 71.3 cm³/mol. The van der Waals surface area contributed by atoms with Gasteiger partial charge in [-0.1, -0.05) is 0 Å². The lowest BCUT2D eigenvalue weighted by Gasteiger charge is -2.09. The fourth-order valence-corrected chi connectivity index (χ4v) is 1.93. The quantitative estimate of drug-likeness (QED) is 0.853. The Bertz CT molecular complexity index is 459. The van der Waals surface area contributed by atoms with Crippen molar-refractivity contribution >= 4 is 0 Å². The summed E-state index contributed by atoms with van der Waals surface area (Å²) in [6.45, 7) is 4.24. The van der Waals surface area contributed by atoms with Crippen molar-refractivity contribution in [3.05, 3.63) is 42.1 Å². The van der Waals surface area contributed by atoms with Crippen LogP contribution in [0.2, 0.25) is 0 Å². The smallest absolute Gasteiger partial charge is 0.103 e. The number of rotatable bonds is 6. The first-order valence-electron chi connectivity index (χ1n) is 6.47. The van der Waals surface area contributed by atoms with Gasteiger partial charge in [-0.05, 0) is 38.5 Å². The van der Waals surface area contributed by atoms with Gasteiger partial charge in [0, 0.05) is 31.1 Å². The van der Waals surface area contributed by atoms with Gasteiger partial charge in [0.1, 0.15) is 5.76 Å². The zero-order chi connectivity index (χ0) is 13.0. The van der Waals surface area contributed by atoms with E-state index in [0.717, 1.165) is 30.7 Å². The van der Waals surface area contributed by atoms with E-state index in [1.54, 1.807) is 6.26 Å². The van der Waals surface area contributed by atoms with Gasteiger partial charge in [0.05, 0.1) is 12.0 Å². The minimum absolute atomic E-state index is 0.130. The summed E-state index contributed by atoms with van der Waals surface area (Å²) in [7, 11) is 0. The third-order valence-corrected chi connectivity index (χ3v) is 3.01. The zero-order valence-electron chi connectivity index (χ0n) is 11.0. The highest BCUT2D eigenvalue weighted by Gasteiger charge is 2.09. The third kappa shape index (κ3) is 3.47. The molecule has 0 amide bonds. The summed E-state index contributed by atoms with van der Waals surface area (Å²) in [5.74, 6) is 0.998. The number of nitrogens with two attached hydrogens (primary N) is 1. The first-order chi connectivity index (χ1) is 8.65. The highest BCUT2D eigenvalue weighted by atomic mass is 16.3. The molecule has 0 radical (unpaired) electrons. The highest BCUT2D eigenvalue weighted by molar-refractivity contribution is 5.03. The van der Waals surface area contributed by atoms with Crippen LogP contribution in [-0.2, 0) is 12.8 Å². The molecule has 0 aliphatic heterocycles. The molecule has 2 aromatic heterocycles. The summed E-state index contributed by atoms with van der Waals surface area (Å²) in [4.78, 5) is 0. The second-order valence-corrected chi connectivity index (χ2v) is 4.96. The normalized spacial score (nSPS) is 13.1. The molecule has 98 valence electrons. The fourth-order valence-electron chi connectivity index (χ4n) is 1.93. The van der Waals surface area contributed by atoms with Crippen LogP contribution >= 0.6 is 0 Å². The second kappa shape index (κ2) is 5.87. The Morgan fingerprint density at radius 2 is 2.22 bits per heavy atom. The van der Waals surface area contributed by atoms with Crippen LogP contribution in [0.3, 0.4) is 0 Å². The summed E-state index contributed by atoms with van der Waals surface area (Å²) in [5, 5.41) is 4.51. The first-order valence-corrected chi connectivity index (χ1v) is 6.47. The van der Waals surface area contributed by atoms with Crippen LogP contribution in [0.1, 0.15) is 37.8 Å². The summed E-state index contributed by atoms with van der Waals surface area (Å²) in [6.07, 6.45) is 6.34. The standard InChI is InChI=1S/C14H21N3O/c1-11(2)17-8-7-13(16-17)10-12(15)5-6-14-4-3-9-18-14/h3-4,7-9,11-12H,5-6,10,15H2,1-2H3. The molecule has 0 saturated carbocycles. The molecule has 0 aromatic carbocycles. The highest BCUT2D eigenvalue weighted by Crippen LogP contribution is 2.09. The van der Waals surface area contributed by atoms with Crippen LogP contribution < -0.4 is 5.73 Å². The molecule has 0 bridgehead atoms. The number of aryl methyl sites for hydroxylation is 1. The lowest BCUT2D eigenvalue weighted by molar-refractivity contribution is 0.479. The van der Waals surface area contributed by atoms with E-state index in [4.69, 9.17) is 10.2 Å². The average Bonchev–Trinajstić information content (AvgIpc) is 2.96. The topological polar surface area (TPSA) is 57.0 Å². The summed E-state index contributed by atoms with van der Waals surface area (Å²) < 4.78 is 7.26. The molecular weight excluding hydrogens is 226 g/mol. The van der Waals surface area contributed by atoms with E-state index in [0.29, 0.717) is 6.04 Å². The van der Waals surface area contributed by atoms with E-state index in [9.17, 15) is 0 Å². The van der Waals surface area contributed by atoms with Crippen molar-refractivity contribution in [3.63, 3.8) is 0 Å². The second-order valence-electron chi connectivity index (χ2n) is 4.96. The van der Waals surface area contributed by atoms with Crippen molar-refractivity contribution in [3.8, 4) is 0 Å².